The number of nitrogens with one attached hydrogen (secondary N) is 2. The highest BCUT2D eigenvalue weighted by atomic mass is 35.5. The molecule has 1 aliphatic heterocycles. The molecule has 3 heterocycles. The lowest BCUT2D eigenvalue weighted by atomic mass is 10.1. The summed E-state index contributed by atoms with van der Waals surface area (Å²) in [4.78, 5) is 6.63. The Morgan fingerprint density at radius 1 is 1.40 bits per heavy atom. The third-order valence-electron chi connectivity index (χ3n) is 3.51. The first kappa shape index (κ1) is 15.0. The second-order valence-electron chi connectivity index (χ2n) is 5.10. The highest BCUT2D eigenvalue weighted by Crippen LogP contribution is 2.21. The lowest BCUT2D eigenvalue weighted by Gasteiger charge is -2.31. The Hall–Kier alpha value is -1.43. The van der Waals surface area contributed by atoms with Gasteiger partial charge in [-0.2, -0.15) is 5.10 Å². The molecule has 0 radical (unpaired) electrons. The minimum absolute atomic E-state index is 0. The van der Waals surface area contributed by atoms with Gasteiger partial charge in [0.15, 0.2) is 0 Å². The van der Waals surface area contributed by atoms with Crippen molar-refractivity contribution in [1.82, 2.24) is 25.4 Å². The molecule has 0 aliphatic carbocycles. The number of rotatable bonds is 3. The van der Waals surface area contributed by atoms with Gasteiger partial charge in [0.1, 0.15) is 0 Å². The average Bonchev–Trinajstić information content (AvgIpc) is 2.88. The summed E-state index contributed by atoms with van der Waals surface area (Å²) in [6.07, 6.45) is 5.59. The second kappa shape index (κ2) is 6.83. The molecular weight excluding hydrogens is 274 g/mol. The predicted octanol–water partition coefficient (Wildman–Crippen LogP) is 1.69. The summed E-state index contributed by atoms with van der Waals surface area (Å²) in [7, 11) is 0. The van der Waals surface area contributed by atoms with Crippen LogP contribution in [0.4, 0.5) is 0 Å². The maximum absolute atomic E-state index is 4.19. The van der Waals surface area contributed by atoms with Gasteiger partial charge < -0.3 is 5.32 Å². The highest BCUT2D eigenvalue weighted by molar-refractivity contribution is 5.85. The molecule has 108 valence electrons. The number of pyridine rings is 1. The van der Waals surface area contributed by atoms with E-state index in [1.165, 1.54) is 5.56 Å². The Labute approximate surface area is 125 Å². The summed E-state index contributed by atoms with van der Waals surface area (Å²) in [5.74, 6) is 0. The minimum Gasteiger partial charge on any atom is -0.312 e. The van der Waals surface area contributed by atoms with Gasteiger partial charge in [-0.05, 0) is 19.1 Å². The highest BCUT2D eigenvalue weighted by Gasteiger charge is 2.17. The largest absolute Gasteiger partial charge is 0.312 e. The quantitative estimate of drug-likeness (QED) is 0.904. The van der Waals surface area contributed by atoms with Gasteiger partial charge in [-0.1, -0.05) is 0 Å². The summed E-state index contributed by atoms with van der Waals surface area (Å²) in [6.45, 7) is 6.39. The van der Waals surface area contributed by atoms with E-state index in [0.29, 0.717) is 6.04 Å². The number of H-pyrrole nitrogens is 1. The molecule has 1 saturated heterocycles. The minimum atomic E-state index is 0. The molecule has 1 aliphatic rings. The molecule has 1 fully saturated rings. The number of nitrogens with zero attached hydrogens (tertiary/aromatic N) is 3. The molecule has 2 N–H and O–H groups in total. The van der Waals surface area contributed by atoms with Crippen molar-refractivity contribution in [2.24, 2.45) is 0 Å². The summed E-state index contributed by atoms with van der Waals surface area (Å²) < 4.78 is 0. The van der Waals surface area contributed by atoms with Gasteiger partial charge >= 0.3 is 0 Å². The van der Waals surface area contributed by atoms with Crippen molar-refractivity contribution in [2.45, 2.75) is 19.5 Å². The number of hydrogen-bond donors (Lipinski definition) is 2. The smallest absolute Gasteiger partial charge is 0.0710 e. The zero-order chi connectivity index (χ0) is 13.1. The zero-order valence-electron chi connectivity index (χ0n) is 11.5. The van der Waals surface area contributed by atoms with Gasteiger partial charge in [-0.3, -0.25) is 15.0 Å². The van der Waals surface area contributed by atoms with Crippen molar-refractivity contribution < 1.29 is 0 Å². The van der Waals surface area contributed by atoms with E-state index in [2.05, 4.69) is 38.4 Å². The van der Waals surface area contributed by atoms with Gasteiger partial charge in [0, 0.05) is 55.7 Å². The van der Waals surface area contributed by atoms with Crippen LogP contribution in [0.15, 0.2) is 30.7 Å². The van der Waals surface area contributed by atoms with Crippen LogP contribution in [0.2, 0.25) is 0 Å². The van der Waals surface area contributed by atoms with E-state index in [-0.39, 0.29) is 12.4 Å². The fourth-order valence-electron chi connectivity index (χ4n) is 2.59. The molecule has 20 heavy (non-hydrogen) atoms. The van der Waals surface area contributed by atoms with Crippen LogP contribution in [0.3, 0.4) is 0 Å². The summed E-state index contributed by atoms with van der Waals surface area (Å²) in [5, 5.41) is 10.7. The van der Waals surface area contributed by atoms with Crippen molar-refractivity contribution in [1.29, 1.82) is 0 Å². The molecule has 6 heteroatoms. The zero-order valence-corrected chi connectivity index (χ0v) is 12.4. The molecule has 0 aromatic carbocycles. The molecule has 0 spiro atoms. The Balaban J connectivity index is 0.00000147. The van der Waals surface area contributed by atoms with Crippen LogP contribution in [-0.2, 0) is 6.54 Å². The van der Waals surface area contributed by atoms with Crippen molar-refractivity contribution in [3.05, 3.63) is 36.3 Å². The summed E-state index contributed by atoms with van der Waals surface area (Å²) in [6, 6.07) is 4.57. The molecular formula is C14H20ClN5. The number of aromatic nitrogens is 3. The van der Waals surface area contributed by atoms with Crippen molar-refractivity contribution in [3.8, 4) is 11.3 Å². The number of aromatic amines is 1. The van der Waals surface area contributed by atoms with E-state index >= 15 is 0 Å². The number of hydrogen-bond acceptors (Lipinski definition) is 4. The van der Waals surface area contributed by atoms with Crippen molar-refractivity contribution in [2.75, 3.05) is 19.6 Å². The fraction of sp³-hybridized carbons (Fsp3) is 0.429. The van der Waals surface area contributed by atoms with Crippen LogP contribution in [0.1, 0.15) is 12.5 Å². The Kier molecular flexibility index (Phi) is 5.11. The van der Waals surface area contributed by atoms with Crippen LogP contribution in [0.5, 0.6) is 0 Å². The topological polar surface area (TPSA) is 56.8 Å². The standard InChI is InChI=1S/C14H19N5.ClH/c1-11-9-19(6-5-16-11)10-13-8-17-18-14(13)12-3-2-4-15-7-12;/h2-4,7-8,11,16H,5-6,9-10H2,1H3,(H,17,18);1H/t11-;/m0./s1. The van der Waals surface area contributed by atoms with Gasteiger partial charge in [0.25, 0.3) is 0 Å². The van der Waals surface area contributed by atoms with E-state index in [1.807, 2.05) is 18.5 Å². The van der Waals surface area contributed by atoms with Gasteiger partial charge in [0.05, 0.1) is 11.9 Å². The molecule has 0 bridgehead atoms. The monoisotopic (exact) mass is 293 g/mol. The van der Waals surface area contributed by atoms with Crippen LogP contribution in [0.25, 0.3) is 11.3 Å². The lowest BCUT2D eigenvalue weighted by Crippen LogP contribution is -2.48. The average molecular weight is 294 g/mol. The lowest BCUT2D eigenvalue weighted by molar-refractivity contribution is 0.200. The number of halogens is 1. The molecule has 2 aromatic rings. The maximum Gasteiger partial charge on any atom is 0.0710 e. The maximum atomic E-state index is 4.19. The van der Waals surface area contributed by atoms with Crippen molar-refractivity contribution in [3.63, 3.8) is 0 Å². The predicted molar refractivity (Wildman–Crippen MR) is 81.8 cm³/mol. The third kappa shape index (κ3) is 3.36. The molecule has 0 amide bonds. The third-order valence-corrected chi connectivity index (χ3v) is 3.51. The van der Waals surface area contributed by atoms with Gasteiger partial charge in [0.2, 0.25) is 0 Å². The molecule has 2 aromatic heterocycles. The van der Waals surface area contributed by atoms with Gasteiger partial charge in [-0.15, -0.1) is 12.4 Å². The van der Waals surface area contributed by atoms with Gasteiger partial charge in [-0.25, -0.2) is 0 Å². The number of piperazine rings is 1. The molecule has 3 rings (SSSR count). The molecule has 5 nitrogen and oxygen atoms in total. The van der Waals surface area contributed by atoms with E-state index in [4.69, 9.17) is 0 Å². The van der Waals surface area contributed by atoms with Crippen molar-refractivity contribution >= 4 is 12.4 Å². The first-order chi connectivity index (χ1) is 9.33. The normalized spacial score (nSPS) is 19.6. The Bertz CT molecular complexity index is 527. The molecule has 0 saturated carbocycles. The van der Waals surface area contributed by atoms with Crippen LogP contribution in [-0.4, -0.2) is 45.8 Å². The summed E-state index contributed by atoms with van der Waals surface area (Å²) in [5.41, 5.74) is 3.42. The van der Waals surface area contributed by atoms with E-state index in [9.17, 15) is 0 Å². The first-order valence-electron chi connectivity index (χ1n) is 6.71. The SMILES string of the molecule is C[C@H]1CN(Cc2cn[nH]c2-c2cccnc2)CCN1.Cl. The Morgan fingerprint density at radius 3 is 3.05 bits per heavy atom. The van der Waals surface area contributed by atoms with E-state index < -0.39 is 0 Å². The van der Waals surface area contributed by atoms with Crippen LogP contribution >= 0.6 is 12.4 Å². The fourth-order valence-corrected chi connectivity index (χ4v) is 2.59. The first-order valence-corrected chi connectivity index (χ1v) is 6.71. The van der Waals surface area contributed by atoms with Crippen LogP contribution in [0, 0.1) is 0 Å². The molecule has 1 atom stereocenters. The molecule has 0 unspecified atom stereocenters. The summed E-state index contributed by atoms with van der Waals surface area (Å²) >= 11 is 0. The van der Waals surface area contributed by atoms with Crippen LogP contribution < -0.4 is 5.32 Å². The van der Waals surface area contributed by atoms with E-state index in [0.717, 1.165) is 37.4 Å². The van der Waals surface area contributed by atoms with E-state index in [1.54, 1.807) is 6.20 Å². The Morgan fingerprint density at radius 2 is 2.30 bits per heavy atom. The second-order valence-corrected chi connectivity index (χ2v) is 5.10.